The Labute approximate surface area is 280 Å². The molecule has 0 saturated carbocycles. The van der Waals surface area contributed by atoms with Crippen molar-refractivity contribution in [2.24, 2.45) is 0 Å². The monoisotopic (exact) mass is 651 g/mol. The maximum Gasteiger partial charge on any atom is 0.303 e. The number of nitrogens with one attached hydrogen (secondary N) is 1. The Bertz CT molecular complexity index is 1650. The fourth-order valence-corrected chi connectivity index (χ4v) is 6.11. The van der Waals surface area contributed by atoms with Gasteiger partial charge in [0.15, 0.2) is 6.29 Å². The van der Waals surface area contributed by atoms with E-state index < -0.39 is 12.3 Å². The number of hydrogen-bond donors (Lipinski definition) is 3. The molecule has 2 fully saturated rings. The van der Waals surface area contributed by atoms with E-state index in [9.17, 15) is 14.7 Å². The Hall–Kier alpha value is -4.68. The molecule has 0 bridgehead atoms. The van der Waals surface area contributed by atoms with E-state index in [0.29, 0.717) is 13.0 Å². The van der Waals surface area contributed by atoms with Crippen molar-refractivity contribution in [2.45, 2.75) is 50.9 Å². The van der Waals surface area contributed by atoms with Crippen molar-refractivity contribution in [3.63, 3.8) is 0 Å². The lowest BCUT2D eigenvalue weighted by Gasteiger charge is -2.40. The highest BCUT2D eigenvalue weighted by Gasteiger charge is 2.34. The Kier molecular flexibility index (Phi) is 11.0. The third-order valence-electron chi connectivity index (χ3n) is 8.78. The third kappa shape index (κ3) is 8.81. The van der Waals surface area contributed by atoms with Gasteiger partial charge in [-0.05, 0) is 39.9 Å². The Morgan fingerprint density at radius 1 is 0.812 bits per heavy atom. The minimum atomic E-state index is -0.990. The van der Waals surface area contributed by atoms with Crippen LogP contribution in [0.15, 0.2) is 91.3 Å². The summed E-state index contributed by atoms with van der Waals surface area (Å²) in [5, 5.41) is 21.1. The largest absolute Gasteiger partial charge is 0.481 e. The van der Waals surface area contributed by atoms with E-state index >= 15 is 0 Å². The molecule has 0 aliphatic carbocycles. The van der Waals surface area contributed by atoms with Crippen LogP contribution in [0, 0.1) is 0 Å². The number of aliphatic carboxylic acids is 1. The fourth-order valence-electron chi connectivity index (χ4n) is 6.11. The highest BCUT2D eigenvalue weighted by Crippen LogP contribution is 2.38. The summed E-state index contributed by atoms with van der Waals surface area (Å²) in [7, 11) is 0. The van der Waals surface area contributed by atoms with Crippen LogP contribution in [-0.4, -0.2) is 75.8 Å². The first kappa shape index (κ1) is 33.2. The number of aromatic nitrogens is 2. The average Bonchev–Trinajstić information content (AvgIpc) is 3.14. The zero-order valence-corrected chi connectivity index (χ0v) is 26.8. The van der Waals surface area contributed by atoms with Crippen LogP contribution in [0.25, 0.3) is 11.1 Å². The van der Waals surface area contributed by atoms with Crippen molar-refractivity contribution in [1.29, 1.82) is 0 Å². The van der Waals surface area contributed by atoms with Crippen LogP contribution >= 0.6 is 0 Å². The number of anilines is 1. The Morgan fingerprint density at radius 2 is 1.54 bits per heavy atom. The molecule has 11 heteroatoms. The Morgan fingerprint density at radius 3 is 2.25 bits per heavy atom. The van der Waals surface area contributed by atoms with Gasteiger partial charge < -0.3 is 29.9 Å². The van der Waals surface area contributed by atoms with E-state index in [1.54, 1.807) is 12.4 Å². The molecule has 2 aliphatic heterocycles. The van der Waals surface area contributed by atoms with Crippen molar-refractivity contribution in [1.82, 2.24) is 20.2 Å². The predicted molar refractivity (Wildman–Crippen MR) is 180 cm³/mol. The van der Waals surface area contributed by atoms with Gasteiger partial charge in [-0.25, -0.2) is 9.97 Å². The van der Waals surface area contributed by atoms with Crippen molar-refractivity contribution >= 4 is 17.8 Å². The van der Waals surface area contributed by atoms with E-state index in [4.69, 9.17) is 14.6 Å². The van der Waals surface area contributed by atoms with Crippen molar-refractivity contribution < 1.29 is 29.3 Å². The molecule has 1 aromatic heterocycles. The number of aliphatic hydroxyl groups is 1. The van der Waals surface area contributed by atoms with E-state index in [0.717, 1.165) is 72.1 Å². The molecule has 3 heterocycles. The van der Waals surface area contributed by atoms with Crippen LogP contribution in [-0.2, 0) is 32.2 Å². The van der Waals surface area contributed by atoms with Gasteiger partial charge in [0.25, 0.3) is 0 Å². The number of carboxylic acids is 1. The summed E-state index contributed by atoms with van der Waals surface area (Å²) in [5.41, 5.74) is 5.78. The smallest absolute Gasteiger partial charge is 0.303 e. The van der Waals surface area contributed by atoms with Gasteiger partial charge in [0, 0.05) is 70.1 Å². The minimum absolute atomic E-state index is 0.00313. The SMILES string of the molecule is O=C(O)CCC(=O)NCc1cccc(-c2ccc([C@@H]3O[C@H](CN4CCN(c5ncccn5)CC4)C[C@H](c4ccc(CO)cc4)O3)cc2)c1. The number of carbonyl (C=O) groups excluding carboxylic acids is 1. The molecule has 250 valence electrons. The molecule has 0 spiro atoms. The van der Waals surface area contributed by atoms with Crippen LogP contribution < -0.4 is 10.2 Å². The van der Waals surface area contributed by atoms with E-state index in [1.807, 2.05) is 78.9 Å². The third-order valence-corrected chi connectivity index (χ3v) is 8.78. The molecule has 0 unspecified atom stereocenters. The molecule has 48 heavy (non-hydrogen) atoms. The first-order valence-corrected chi connectivity index (χ1v) is 16.4. The second-order valence-corrected chi connectivity index (χ2v) is 12.2. The van der Waals surface area contributed by atoms with E-state index in [-0.39, 0.29) is 37.6 Å². The van der Waals surface area contributed by atoms with Gasteiger partial charge in [0.2, 0.25) is 11.9 Å². The van der Waals surface area contributed by atoms with Crippen LogP contribution in [0.4, 0.5) is 5.95 Å². The number of carbonyl (C=O) groups is 2. The number of benzene rings is 3. The number of ether oxygens (including phenoxy) is 2. The van der Waals surface area contributed by atoms with Crippen molar-refractivity contribution in [2.75, 3.05) is 37.6 Å². The number of hydrogen-bond acceptors (Lipinski definition) is 9. The molecular formula is C37H41N5O6. The van der Waals surface area contributed by atoms with Crippen LogP contribution in [0.5, 0.6) is 0 Å². The number of aliphatic hydroxyl groups excluding tert-OH is 1. The molecule has 1 amide bonds. The lowest BCUT2D eigenvalue weighted by molar-refractivity contribution is -0.253. The summed E-state index contributed by atoms with van der Waals surface area (Å²) < 4.78 is 13.2. The minimum Gasteiger partial charge on any atom is -0.481 e. The molecule has 3 atom stereocenters. The lowest BCUT2D eigenvalue weighted by atomic mass is 9.98. The van der Waals surface area contributed by atoms with Crippen LogP contribution in [0.3, 0.4) is 0 Å². The van der Waals surface area contributed by atoms with Crippen molar-refractivity contribution in [3.05, 3.63) is 114 Å². The second kappa shape index (κ2) is 15.9. The van der Waals surface area contributed by atoms with Gasteiger partial charge in [-0.3, -0.25) is 14.5 Å². The first-order chi connectivity index (χ1) is 23.4. The van der Waals surface area contributed by atoms with Gasteiger partial charge >= 0.3 is 5.97 Å². The maximum absolute atomic E-state index is 12.0. The highest BCUT2D eigenvalue weighted by molar-refractivity contribution is 5.80. The topological polar surface area (TPSA) is 137 Å². The van der Waals surface area contributed by atoms with Gasteiger partial charge in [-0.15, -0.1) is 0 Å². The molecule has 3 aromatic carbocycles. The first-order valence-electron chi connectivity index (χ1n) is 16.4. The molecule has 6 rings (SSSR count). The molecule has 3 N–H and O–H groups in total. The van der Waals surface area contributed by atoms with Gasteiger partial charge in [-0.1, -0.05) is 66.7 Å². The summed E-state index contributed by atoms with van der Waals surface area (Å²) >= 11 is 0. The summed E-state index contributed by atoms with van der Waals surface area (Å²) in [6.07, 6.45) is 3.27. The Balaban J connectivity index is 1.12. The van der Waals surface area contributed by atoms with E-state index in [2.05, 4.69) is 25.1 Å². The zero-order chi connectivity index (χ0) is 33.3. The molecule has 0 radical (unpaired) electrons. The number of amides is 1. The molecular weight excluding hydrogens is 610 g/mol. The summed E-state index contributed by atoms with van der Waals surface area (Å²) in [6, 6.07) is 25.8. The van der Waals surface area contributed by atoms with Crippen LogP contribution in [0.2, 0.25) is 0 Å². The van der Waals surface area contributed by atoms with Crippen LogP contribution in [0.1, 0.15) is 53.9 Å². The normalized spacial score (nSPS) is 19.9. The number of piperazine rings is 1. The molecule has 2 saturated heterocycles. The molecule has 11 nitrogen and oxygen atoms in total. The standard InChI is InChI=1S/C37H41N5O6/c43-25-26-5-7-29(8-6-26)33-22-32(24-41-17-19-42(20-18-41)37-38-15-2-16-39-37)47-36(48-33)30-11-9-28(10-12-30)31-4-1-3-27(21-31)23-40-34(44)13-14-35(45)46/h1-12,15-16,21,32-33,36,43H,13-14,17-20,22-25H2,(H,40,44)(H,45,46)/t32-,33+,36+/m0/s1. The average molecular weight is 652 g/mol. The number of nitrogens with zero attached hydrogens (tertiary/aromatic N) is 4. The fraction of sp³-hybridized carbons (Fsp3) is 0.351. The number of carboxylic acid groups (broad SMARTS) is 1. The van der Waals surface area contributed by atoms with Gasteiger partial charge in [-0.2, -0.15) is 0 Å². The van der Waals surface area contributed by atoms with Gasteiger partial charge in [0.05, 0.1) is 25.2 Å². The van der Waals surface area contributed by atoms with Gasteiger partial charge in [0.1, 0.15) is 0 Å². The highest BCUT2D eigenvalue weighted by atomic mass is 16.7. The molecule has 4 aromatic rings. The van der Waals surface area contributed by atoms with Crippen molar-refractivity contribution in [3.8, 4) is 11.1 Å². The second-order valence-electron chi connectivity index (χ2n) is 12.2. The van der Waals surface area contributed by atoms with E-state index in [1.165, 1.54) is 0 Å². The number of rotatable bonds is 12. The summed E-state index contributed by atoms with van der Waals surface area (Å²) in [4.78, 5) is 36.2. The predicted octanol–water partition coefficient (Wildman–Crippen LogP) is 4.48. The zero-order valence-electron chi connectivity index (χ0n) is 26.8. The molecule has 2 aliphatic rings. The summed E-state index contributed by atoms with van der Waals surface area (Å²) in [5.74, 6) is -0.513. The quantitative estimate of drug-likeness (QED) is 0.201. The summed E-state index contributed by atoms with van der Waals surface area (Å²) in [6.45, 7) is 4.58. The lowest BCUT2D eigenvalue weighted by Crippen LogP contribution is -2.50. The maximum atomic E-state index is 12.0.